The maximum atomic E-state index is 8.77. The van der Waals surface area contributed by atoms with Gasteiger partial charge in [-0.2, -0.15) is 5.26 Å². The zero-order valence-electron chi connectivity index (χ0n) is 9.82. The summed E-state index contributed by atoms with van der Waals surface area (Å²) in [6.45, 7) is 0. The van der Waals surface area contributed by atoms with E-state index in [-0.39, 0.29) is 5.15 Å². The molecule has 0 bridgehead atoms. The molecule has 0 fully saturated rings. The molecule has 1 heterocycles. The zero-order valence-corrected chi connectivity index (χ0v) is 11.3. The third-order valence-electron chi connectivity index (χ3n) is 2.32. The number of hydrogen-bond acceptors (Lipinski definition) is 5. The molecule has 0 aliphatic rings. The molecule has 0 spiro atoms. The van der Waals surface area contributed by atoms with Gasteiger partial charge in [0.1, 0.15) is 6.33 Å². The van der Waals surface area contributed by atoms with Gasteiger partial charge in [-0.3, -0.25) is 0 Å². The van der Waals surface area contributed by atoms with E-state index in [1.165, 1.54) is 13.4 Å². The van der Waals surface area contributed by atoms with Gasteiger partial charge in [-0.05, 0) is 18.2 Å². The van der Waals surface area contributed by atoms with E-state index in [9.17, 15) is 0 Å². The summed E-state index contributed by atoms with van der Waals surface area (Å²) in [5, 5.41) is 12.4. The topological polar surface area (TPSA) is 70.8 Å². The van der Waals surface area contributed by atoms with Crippen LogP contribution >= 0.6 is 23.2 Å². The quantitative estimate of drug-likeness (QED) is 0.879. The molecule has 2 rings (SSSR count). The van der Waals surface area contributed by atoms with Crippen molar-refractivity contribution in [3.63, 3.8) is 0 Å². The van der Waals surface area contributed by atoms with E-state index in [4.69, 9.17) is 33.2 Å². The van der Waals surface area contributed by atoms with E-state index in [2.05, 4.69) is 15.3 Å². The van der Waals surface area contributed by atoms with Gasteiger partial charge in [0.15, 0.2) is 16.7 Å². The minimum atomic E-state index is 0.199. The van der Waals surface area contributed by atoms with Gasteiger partial charge in [-0.1, -0.05) is 23.2 Å². The van der Waals surface area contributed by atoms with Gasteiger partial charge in [-0.25, -0.2) is 9.97 Å². The summed E-state index contributed by atoms with van der Waals surface area (Å²) in [6.07, 6.45) is 1.31. The van der Waals surface area contributed by atoms with E-state index >= 15 is 0 Å². The Bertz CT molecular complexity index is 655. The highest BCUT2D eigenvalue weighted by Crippen LogP contribution is 2.33. The molecule has 0 unspecified atom stereocenters. The van der Waals surface area contributed by atoms with Crippen molar-refractivity contribution in [1.82, 2.24) is 9.97 Å². The molecular weight excluding hydrogens is 287 g/mol. The molecule has 5 nitrogen and oxygen atoms in total. The third kappa shape index (κ3) is 2.87. The first-order valence-corrected chi connectivity index (χ1v) is 5.92. The Kier molecular flexibility index (Phi) is 4.05. The number of methoxy groups -OCH3 is 1. The number of ether oxygens (including phenoxy) is 1. The maximum absolute atomic E-state index is 8.77. The summed E-state index contributed by atoms with van der Waals surface area (Å²) in [7, 11) is 1.47. The molecule has 1 aromatic carbocycles. The molecule has 0 amide bonds. The number of nitriles is 1. The van der Waals surface area contributed by atoms with Crippen LogP contribution in [0.15, 0.2) is 24.5 Å². The highest BCUT2D eigenvalue weighted by molar-refractivity contribution is 6.33. The molecule has 0 radical (unpaired) electrons. The average Bonchev–Trinajstić information content (AvgIpc) is 2.41. The Morgan fingerprint density at radius 1 is 1.32 bits per heavy atom. The Morgan fingerprint density at radius 2 is 2.11 bits per heavy atom. The lowest BCUT2D eigenvalue weighted by Crippen LogP contribution is -1.99. The van der Waals surface area contributed by atoms with Gasteiger partial charge in [0.25, 0.3) is 0 Å². The second-order valence-electron chi connectivity index (χ2n) is 3.48. The van der Waals surface area contributed by atoms with Crippen molar-refractivity contribution in [3.05, 3.63) is 40.3 Å². The molecule has 19 heavy (non-hydrogen) atoms. The molecule has 1 aromatic heterocycles. The van der Waals surface area contributed by atoms with Gasteiger partial charge < -0.3 is 10.1 Å². The Labute approximate surface area is 119 Å². The lowest BCUT2D eigenvalue weighted by molar-refractivity contribution is 0.413. The lowest BCUT2D eigenvalue weighted by atomic mass is 10.2. The third-order valence-corrected chi connectivity index (χ3v) is 2.90. The van der Waals surface area contributed by atoms with E-state index in [0.29, 0.717) is 27.8 Å². The Morgan fingerprint density at radius 3 is 2.74 bits per heavy atom. The average molecular weight is 295 g/mol. The van der Waals surface area contributed by atoms with Crippen molar-refractivity contribution in [3.8, 4) is 11.8 Å². The first-order chi connectivity index (χ1) is 9.15. The minimum absolute atomic E-state index is 0.199. The first-order valence-electron chi connectivity index (χ1n) is 5.17. The monoisotopic (exact) mass is 294 g/mol. The van der Waals surface area contributed by atoms with Crippen molar-refractivity contribution in [2.24, 2.45) is 0 Å². The summed E-state index contributed by atoms with van der Waals surface area (Å²) in [5.74, 6) is 0.721. The molecule has 7 heteroatoms. The maximum Gasteiger partial charge on any atom is 0.199 e. The molecule has 0 saturated carbocycles. The molecule has 0 atom stereocenters. The van der Waals surface area contributed by atoms with Crippen LogP contribution in [-0.4, -0.2) is 17.1 Å². The van der Waals surface area contributed by atoms with Gasteiger partial charge in [0, 0.05) is 0 Å². The molecule has 0 aliphatic carbocycles. The number of nitrogens with one attached hydrogen (secondary N) is 1. The molecule has 0 saturated heterocycles. The van der Waals surface area contributed by atoms with Gasteiger partial charge in [0.05, 0.1) is 29.5 Å². The summed E-state index contributed by atoms with van der Waals surface area (Å²) in [6, 6.07) is 6.88. The number of nitrogens with zero attached hydrogens (tertiary/aromatic N) is 3. The van der Waals surface area contributed by atoms with Crippen LogP contribution in [0.5, 0.6) is 5.75 Å². The fraction of sp³-hybridized carbons (Fsp3) is 0.0833. The highest BCUT2D eigenvalue weighted by atomic mass is 35.5. The van der Waals surface area contributed by atoms with Crippen LogP contribution in [0.25, 0.3) is 0 Å². The van der Waals surface area contributed by atoms with E-state index in [0.717, 1.165) is 0 Å². The number of hydrogen-bond donors (Lipinski definition) is 1. The summed E-state index contributed by atoms with van der Waals surface area (Å²) in [4.78, 5) is 7.85. The highest BCUT2D eigenvalue weighted by Gasteiger charge is 2.12. The minimum Gasteiger partial charge on any atom is -0.490 e. The largest absolute Gasteiger partial charge is 0.490 e. The van der Waals surface area contributed by atoms with Crippen molar-refractivity contribution in [1.29, 1.82) is 5.26 Å². The zero-order chi connectivity index (χ0) is 13.8. The number of rotatable bonds is 3. The molecule has 96 valence electrons. The number of anilines is 2. The van der Waals surface area contributed by atoms with Crippen LogP contribution < -0.4 is 10.1 Å². The predicted molar refractivity (Wildman–Crippen MR) is 73.0 cm³/mol. The summed E-state index contributed by atoms with van der Waals surface area (Å²) >= 11 is 12.0. The second-order valence-corrected chi connectivity index (χ2v) is 4.24. The van der Waals surface area contributed by atoms with E-state index in [1.54, 1.807) is 18.2 Å². The van der Waals surface area contributed by atoms with Gasteiger partial charge in [0.2, 0.25) is 0 Å². The standard InChI is InChI=1S/C12H8Cl2N4O/c1-19-10-11(14)16-6-17-12(10)18-9-3-2-7(5-15)4-8(9)13/h2-4,6H,1H3,(H,16,17,18). The number of aromatic nitrogens is 2. The van der Waals surface area contributed by atoms with Crippen LogP contribution in [-0.2, 0) is 0 Å². The second kappa shape index (κ2) is 5.74. The van der Waals surface area contributed by atoms with Crippen LogP contribution in [0.2, 0.25) is 10.2 Å². The van der Waals surface area contributed by atoms with Crippen molar-refractivity contribution < 1.29 is 4.74 Å². The van der Waals surface area contributed by atoms with Crippen molar-refractivity contribution >= 4 is 34.7 Å². The first kappa shape index (κ1) is 13.4. The van der Waals surface area contributed by atoms with Crippen LogP contribution in [0.4, 0.5) is 11.5 Å². The van der Waals surface area contributed by atoms with E-state index in [1.807, 2.05) is 6.07 Å². The lowest BCUT2D eigenvalue weighted by Gasteiger charge is -2.11. The Hall–Kier alpha value is -2.03. The summed E-state index contributed by atoms with van der Waals surface area (Å²) in [5.41, 5.74) is 1.07. The van der Waals surface area contributed by atoms with Crippen molar-refractivity contribution in [2.45, 2.75) is 0 Å². The SMILES string of the molecule is COc1c(Cl)ncnc1Nc1ccc(C#N)cc1Cl. The Balaban J connectivity index is 2.37. The van der Waals surface area contributed by atoms with E-state index < -0.39 is 0 Å². The van der Waals surface area contributed by atoms with Crippen LogP contribution in [0.3, 0.4) is 0 Å². The van der Waals surface area contributed by atoms with Gasteiger partial charge >= 0.3 is 0 Å². The predicted octanol–water partition coefficient (Wildman–Crippen LogP) is 3.41. The number of halogens is 2. The fourth-order valence-electron chi connectivity index (χ4n) is 1.44. The normalized spacial score (nSPS) is 9.79. The molecular formula is C12H8Cl2N4O. The smallest absolute Gasteiger partial charge is 0.199 e. The molecule has 0 aliphatic heterocycles. The van der Waals surface area contributed by atoms with Gasteiger partial charge in [-0.15, -0.1) is 0 Å². The fourth-order valence-corrected chi connectivity index (χ4v) is 1.87. The van der Waals surface area contributed by atoms with Crippen LogP contribution in [0, 0.1) is 11.3 Å². The summed E-state index contributed by atoms with van der Waals surface area (Å²) < 4.78 is 5.12. The molecule has 2 aromatic rings. The van der Waals surface area contributed by atoms with Crippen molar-refractivity contribution in [2.75, 3.05) is 12.4 Å². The molecule has 1 N–H and O–H groups in total. The van der Waals surface area contributed by atoms with Crippen LogP contribution in [0.1, 0.15) is 5.56 Å². The number of benzene rings is 1.